The topological polar surface area (TPSA) is 66.4 Å². The van der Waals surface area contributed by atoms with Gasteiger partial charge >= 0.3 is 5.97 Å². The highest BCUT2D eigenvalue weighted by Gasteiger charge is 2.51. The van der Waals surface area contributed by atoms with Crippen LogP contribution in [0.4, 0.5) is 8.78 Å². The largest absolute Gasteiger partial charge is 0.478 e. The number of carbonyl (C=O) groups excluding carboxylic acids is 1. The van der Waals surface area contributed by atoms with Crippen molar-refractivity contribution in [2.45, 2.75) is 32.2 Å². The molecule has 0 radical (unpaired) electrons. The van der Waals surface area contributed by atoms with E-state index < -0.39 is 23.7 Å². The second-order valence-electron chi connectivity index (χ2n) is 5.00. The van der Waals surface area contributed by atoms with Crippen molar-refractivity contribution < 1.29 is 23.5 Å². The van der Waals surface area contributed by atoms with Crippen molar-refractivity contribution in [2.75, 3.05) is 0 Å². The predicted molar refractivity (Wildman–Crippen MR) is 67.5 cm³/mol. The first-order chi connectivity index (χ1) is 9.45. The molecule has 0 bridgehead atoms. The van der Waals surface area contributed by atoms with Gasteiger partial charge in [-0.3, -0.25) is 4.79 Å². The van der Waals surface area contributed by atoms with Crippen LogP contribution in [0.2, 0.25) is 0 Å². The molecule has 108 valence electrons. The quantitative estimate of drug-likeness (QED) is 0.872. The molecule has 20 heavy (non-hydrogen) atoms. The highest BCUT2D eigenvalue weighted by atomic mass is 19.3. The smallest absolute Gasteiger partial charge is 0.335 e. The minimum Gasteiger partial charge on any atom is -0.478 e. The first-order valence-corrected chi connectivity index (χ1v) is 6.34. The zero-order valence-corrected chi connectivity index (χ0v) is 10.7. The Morgan fingerprint density at radius 2 is 2.05 bits per heavy atom. The van der Waals surface area contributed by atoms with E-state index in [0.717, 1.165) is 0 Å². The summed E-state index contributed by atoms with van der Waals surface area (Å²) in [7, 11) is 0. The molecule has 0 atom stereocenters. The number of rotatable bonds is 5. The van der Waals surface area contributed by atoms with Gasteiger partial charge in [0.2, 0.25) is 5.91 Å². The lowest BCUT2D eigenvalue weighted by Gasteiger charge is -2.39. The van der Waals surface area contributed by atoms with Gasteiger partial charge in [-0.15, -0.1) is 0 Å². The molecule has 0 unspecified atom stereocenters. The SMILES string of the molecule is O=C(O)c1cccc(CNC(=O)C2(C(F)F)CCC2)c1. The van der Waals surface area contributed by atoms with Crippen LogP contribution >= 0.6 is 0 Å². The standard InChI is InChI=1S/C14H15F2NO3/c15-12(16)14(5-2-6-14)13(20)17-8-9-3-1-4-10(7-9)11(18)19/h1,3-4,7,12H,2,5-6,8H2,(H,17,20)(H,18,19). The highest BCUT2D eigenvalue weighted by molar-refractivity contribution is 5.88. The molecule has 2 rings (SSSR count). The number of carboxylic acid groups (broad SMARTS) is 1. The Morgan fingerprint density at radius 3 is 2.55 bits per heavy atom. The Hall–Kier alpha value is -1.98. The van der Waals surface area contributed by atoms with E-state index in [2.05, 4.69) is 5.32 Å². The molecule has 1 amide bonds. The summed E-state index contributed by atoms with van der Waals surface area (Å²) < 4.78 is 25.9. The van der Waals surface area contributed by atoms with Crippen molar-refractivity contribution in [3.05, 3.63) is 35.4 Å². The van der Waals surface area contributed by atoms with Gasteiger partial charge in [0.25, 0.3) is 6.43 Å². The summed E-state index contributed by atoms with van der Waals surface area (Å²) in [5.41, 5.74) is -0.879. The third-order valence-corrected chi connectivity index (χ3v) is 3.74. The lowest BCUT2D eigenvalue weighted by atomic mass is 9.68. The molecule has 0 heterocycles. The maximum Gasteiger partial charge on any atom is 0.335 e. The number of halogens is 2. The van der Waals surface area contributed by atoms with Crippen LogP contribution < -0.4 is 5.32 Å². The van der Waals surface area contributed by atoms with Gasteiger partial charge in [0.05, 0.1) is 5.56 Å². The van der Waals surface area contributed by atoms with Gasteiger partial charge in [-0.05, 0) is 30.5 Å². The molecule has 1 aliphatic rings. The van der Waals surface area contributed by atoms with Crippen LogP contribution in [0.15, 0.2) is 24.3 Å². The van der Waals surface area contributed by atoms with Crippen LogP contribution in [0, 0.1) is 5.41 Å². The number of amides is 1. The molecule has 2 N–H and O–H groups in total. The van der Waals surface area contributed by atoms with Gasteiger partial charge in [0.15, 0.2) is 0 Å². The van der Waals surface area contributed by atoms with Crippen molar-refractivity contribution in [1.82, 2.24) is 5.32 Å². The molecule has 1 aromatic rings. The number of hydrogen-bond donors (Lipinski definition) is 2. The zero-order chi connectivity index (χ0) is 14.8. The van der Waals surface area contributed by atoms with E-state index in [0.29, 0.717) is 12.0 Å². The second-order valence-corrected chi connectivity index (χ2v) is 5.00. The number of aromatic carboxylic acids is 1. The number of alkyl halides is 2. The third kappa shape index (κ3) is 2.64. The van der Waals surface area contributed by atoms with Crippen LogP contribution in [0.1, 0.15) is 35.2 Å². The van der Waals surface area contributed by atoms with Gasteiger partial charge < -0.3 is 10.4 Å². The molecule has 0 spiro atoms. The number of nitrogens with one attached hydrogen (secondary N) is 1. The van der Waals surface area contributed by atoms with Gasteiger partial charge in [0, 0.05) is 6.54 Å². The second kappa shape index (κ2) is 5.56. The summed E-state index contributed by atoms with van der Waals surface area (Å²) in [5, 5.41) is 11.3. The lowest BCUT2D eigenvalue weighted by molar-refractivity contribution is -0.150. The first-order valence-electron chi connectivity index (χ1n) is 6.34. The zero-order valence-electron chi connectivity index (χ0n) is 10.7. The number of benzene rings is 1. The average Bonchev–Trinajstić information content (AvgIpc) is 2.34. The highest BCUT2D eigenvalue weighted by Crippen LogP contribution is 2.46. The van der Waals surface area contributed by atoms with E-state index in [-0.39, 0.29) is 24.9 Å². The molecule has 1 aromatic carbocycles. The minimum atomic E-state index is -2.67. The molecular formula is C14H15F2NO3. The molecule has 6 heteroatoms. The van der Waals surface area contributed by atoms with Crippen molar-refractivity contribution in [2.24, 2.45) is 5.41 Å². The van der Waals surface area contributed by atoms with Gasteiger partial charge in [-0.25, -0.2) is 13.6 Å². The molecule has 4 nitrogen and oxygen atoms in total. The summed E-state index contributed by atoms with van der Waals surface area (Å²) in [6, 6.07) is 6.04. The fraction of sp³-hybridized carbons (Fsp3) is 0.429. The Morgan fingerprint density at radius 1 is 1.35 bits per heavy atom. The Labute approximate surface area is 114 Å². The first kappa shape index (κ1) is 14.4. The molecular weight excluding hydrogens is 268 g/mol. The van der Waals surface area contributed by atoms with E-state index in [4.69, 9.17) is 5.11 Å². The predicted octanol–water partition coefficient (Wildman–Crippen LogP) is 2.44. The van der Waals surface area contributed by atoms with Crippen LogP contribution in [0.25, 0.3) is 0 Å². The summed E-state index contributed by atoms with van der Waals surface area (Å²) in [6.45, 7) is 0.0500. The lowest BCUT2D eigenvalue weighted by Crippen LogP contribution is -2.50. The monoisotopic (exact) mass is 283 g/mol. The van der Waals surface area contributed by atoms with Crippen LogP contribution in [0.5, 0.6) is 0 Å². The third-order valence-electron chi connectivity index (χ3n) is 3.74. The van der Waals surface area contributed by atoms with Gasteiger partial charge in [0.1, 0.15) is 5.41 Å². The van der Waals surface area contributed by atoms with E-state index in [1.807, 2.05) is 0 Å². The number of hydrogen-bond acceptors (Lipinski definition) is 2. The van der Waals surface area contributed by atoms with Crippen LogP contribution in [-0.4, -0.2) is 23.4 Å². The van der Waals surface area contributed by atoms with Gasteiger partial charge in [-0.1, -0.05) is 18.6 Å². The van der Waals surface area contributed by atoms with E-state index in [1.54, 1.807) is 12.1 Å². The molecule has 1 fully saturated rings. The number of carboxylic acids is 1. The maximum absolute atomic E-state index is 12.9. The summed E-state index contributed by atoms with van der Waals surface area (Å²) in [6.07, 6.45) is -1.63. The molecule has 0 aliphatic heterocycles. The Kier molecular flexibility index (Phi) is 4.01. The fourth-order valence-electron chi connectivity index (χ4n) is 2.27. The fourth-order valence-corrected chi connectivity index (χ4v) is 2.27. The normalized spacial score (nSPS) is 16.6. The summed E-state index contributed by atoms with van der Waals surface area (Å²) in [4.78, 5) is 22.7. The van der Waals surface area contributed by atoms with Gasteiger partial charge in [-0.2, -0.15) is 0 Å². The Bertz CT molecular complexity index is 527. The number of carbonyl (C=O) groups is 2. The van der Waals surface area contributed by atoms with E-state index in [1.165, 1.54) is 12.1 Å². The Balaban J connectivity index is 2.00. The van der Waals surface area contributed by atoms with Crippen molar-refractivity contribution >= 4 is 11.9 Å². The van der Waals surface area contributed by atoms with Crippen molar-refractivity contribution in [3.8, 4) is 0 Å². The van der Waals surface area contributed by atoms with E-state index >= 15 is 0 Å². The summed E-state index contributed by atoms with van der Waals surface area (Å²) in [5.74, 6) is -1.72. The van der Waals surface area contributed by atoms with Crippen molar-refractivity contribution in [3.63, 3.8) is 0 Å². The molecule has 0 saturated heterocycles. The van der Waals surface area contributed by atoms with E-state index in [9.17, 15) is 18.4 Å². The summed E-state index contributed by atoms with van der Waals surface area (Å²) >= 11 is 0. The van der Waals surface area contributed by atoms with Crippen molar-refractivity contribution in [1.29, 1.82) is 0 Å². The average molecular weight is 283 g/mol. The van der Waals surface area contributed by atoms with Crippen LogP contribution in [0.3, 0.4) is 0 Å². The minimum absolute atomic E-state index is 0.0500. The molecule has 0 aromatic heterocycles. The van der Waals surface area contributed by atoms with Crippen LogP contribution in [-0.2, 0) is 11.3 Å². The maximum atomic E-state index is 12.9. The molecule has 1 saturated carbocycles. The molecule has 1 aliphatic carbocycles.